The monoisotopic (exact) mass is 444 g/mol. The van der Waals surface area contributed by atoms with Gasteiger partial charge in [-0.25, -0.2) is 17.8 Å². The first-order chi connectivity index (χ1) is 14.8. The Balaban J connectivity index is 1.32. The second kappa shape index (κ2) is 7.31. The summed E-state index contributed by atoms with van der Waals surface area (Å²) >= 11 is 0. The molecule has 3 aromatic rings. The number of hydrogen-bond donors (Lipinski definition) is 2. The van der Waals surface area contributed by atoms with Gasteiger partial charge in [-0.15, -0.1) is 0 Å². The molecule has 1 saturated heterocycles. The predicted octanol–water partition coefficient (Wildman–Crippen LogP) is 2.99. The number of ether oxygens (including phenoxy) is 1. The highest BCUT2D eigenvalue weighted by Gasteiger charge is 2.32. The molecule has 0 bridgehead atoms. The predicted molar refractivity (Wildman–Crippen MR) is 112 cm³/mol. The van der Waals surface area contributed by atoms with Crippen LogP contribution >= 0.6 is 0 Å². The van der Waals surface area contributed by atoms with Crippen LogP contribution in [-0.2, 0) is 14.8 Å². The molecule has 2 aliphatic rings. The van der Waals surface area contributed by atoms with E-state index in [1.54, 1.807) is 19.1 Å². The fraction of sp³-hybridized carbons (Fsp3) is 0.333. The number of carbonyl (C=O) groups is 1. The summed E-state index contributed by atoms with van der Waals surface area (Å²) < 4.78 is 46.7. The molecule has 0 aliphatic carbocycles. The number of aromatic nitrogens is 2. The lowest BCUT2D eigenvalue weighted by atomic mass is 9.97. The minimum Gasteiger partial charge on any atom is -0.479 e. The Morgan fingerprint density at radius 2 is 1.94 bits per heavy atom. The number of aromatic amines is 1. The highest BCUT2D eigenvalue weighted by Crippen LogP contribution is 2.35. The van der Waals surface area contributed by atoms with Gasteiger partial charge in [0, 0.05) is 19.0 Å². The van der Waals surface area contributed by atoms with Crippen molar-refractivity contribution in [2.24, 2.45) is 0 Å². The maximum absolute atomic E-state index is 13.4. The molecule has 0 spiro atoms. The molecule has 1 unspecified atom stereocenters. The van der Waals surface area contributed by atoms with Crippen LogP contribution in [0.1, 0.15) is 31.5 Å². The van der Waals surface area contributed by atoms with Crippen LogP contribution in [0, 0.1) is 5.82 Å². The maximum atomic E-state index is 13.4. The minimum absolute atomic E-state index is 0.0691. The fourth-order valence-corrected chi connectivity index (χ4v) is 5.56. The first-order valence-electron chi connectivity index (χ1n) is 10.1. The molecule has 31 heavy (non-hydrogen) atoms. The van der Waals surface area contributed by atoms with Crippen LogP contribution in [-0.4, -0.2) is 47.8 Å². The van der Waals surface area contributed by atoms with E-state index in [-0.39, 0.29) is 22.5 Å². The van der Waals surface area contributed by atoms with Crippen molar-refractivity contribution in [2.45, 2.75) is 36.7 Å². The van der Waals surface area contributed by atoms with E-state index in [0.29, 0.717) is 48.4 Å². The van der Waals surface area contributed by atoms with Crippen LogP contribution in [0.3, 0.4) is 0 Å². The lowest BCUT2D eigenvalue weighted by molar-refractivity contribution is -0.122. The number of nitrogens with zero attached hydrogens (tertiary/aromatic N) is 2. The number of benzene rings is 2. The van der Waals surface area contributed by atoms with Crippen LogP contribution in [0.15, 0.2) is 41.3 Å². The van der Waals surface area contributed by atoms with Crippen LogP contribution in [0.2, 0.25) is 0 Å². The van der Waals surface area contributed by atoms with Gasteiger partial charge in [0.25, 0.3) is 5.91 Å². The molecular formula is C21H21FN4O4S. The van der Waals surface area contributed by atoms with E-state index < -0.39 is 16.1 Å². The third kappa shape index (κ3) is 3.55. The number of carbonyl (C=O) groups excluding carboxylic acids is 1. The van der Waals surface area contributed by atoms with E-state index in [9.17, 15) is 17.6 Å². The first-order valence-corrected chi connectivity index (χ1v) is 11.5. The lowest BCUT2D eigenvalue weighted by Gasteiger charge is -2.31. The van der Waals surface area contributed by atoms with E-state index in [1.807, 2.05) is 0 Å². The number of sulfonamides is 1. The lowest BCUT2D eigenvalue weighted by Crippen LogP contribution is -2.38. The molecule has 0 saturated carbocycles. The molecule has 1 fully saturated rings. The van der Waals surface area contributed by atoms with Crippen molar-refractivity contribution in [1.82, 2.24) is 14.3 Å². The highest BCUT2D eigenvalue weighted by molar-refractivity contribution is 7.89. The highest BCUT2D eigenvalue weighted by atomic mass is 32.2. The Bertz CT molecular complexity index is 1280. The van der Waals surface area contributed by atoms with Crippen molar-refractivity contribution < 1.29 is 22.3 Å². The molecule has 2 aliphatic heterocycles. The number of amides is 1. The molecule has 10 heteroatoms. The van der Waals surface area contributed by atoms with Crippen LogP contribution in [0.25, 0.3) is 11.0 Å². The van der Waals surface area contributed by atoms with Gasteiger partial charge in [-0.05, 0) is 56.2 Å². The van der Waals surface area contributed by atoms with E-state index in [1.165, 1.54) is 28.6 Å². The molecule has 1 aromatic heterocycles. The molecule has 0 radical (unpaired) electrons. The number of halogens is 1. The summed E-state index contributed by atoms with van der Waals surface area (Å²) in [6.07, 6.45) is 0.581. The van der Waals surface area contributed by atoms with Crippen molar-refractivity contribution in [3.05, 3.63) is 48.0 Å². The second-order valence-electron chi connectivity index (χ2n) is 7.87. The van der Waals surface area contributed by atoms with Crippen molar-refractivity contribution >= 4 is 32.7 Å². The third-order valence-electron chi connectivity index (χ3n) is 5.82. The van der Waals surface area contributed by atoms with Gasteiger partial charge in [-0.3, -0.25) is 4.79 Å². The van der Waals surface area contributed by atoms with Crippen molar-refractivity contribution in [2.75, 3.05) is 18.4 Å². The Morgan fingerprint density at radius 3 is 2.71 bits per heavy atom. The van der Waals surface area contributed by atoms with Gasteiger partial charge in [0.15, 0.2) is 6.10 Å². The van der Waals surface area contributed by atoms with Crippen molar-refractivity contribution in [1.29, 1.82) is 0 Å². The molecule has 5 rings (SSSR count). The number of hydrogen-bond acceptors (Lipinski definition) is 5. The maximum Gasteiger partial charge on any atom is 0.265 e. The molecule has 3 heterocycles. The topological polar surface area (TPSA) is 104 Å². The molecule has 1 atom stereocenters. The van der Waals surface area contributed by atoms with E-state index in [0.717, 1.165) is 5.82 Å². The van der Waals surface area contributed by atoms with Crippen molar-refractivity contribution in [3.8, 4) is 5.75 Å². The smallest absolute Gasteiger partial charge is 0.265 e. The van der Waals surface area contributed by atoms with Gasteiger partial charge < -0.3 is 15.0 Å². The molecule has 8 nitrogen and oxygen atoms in total. The van der Waals surface area contributed by atoms with Crippen LogP contribution in [0.5, 0.6) is 5.75 Å². The fourth-order valence-electron chi connectivity index (χ4n) is 4.06. The molecular weight excluding hydrogens is 423 g/mol. The van der Waals surface area contributed by atoms with Gasteiger partial charge in [-0.1, -0.05) is 0 Å². The average Bonchev–Trinajstić information content (AvgIpc) is 3.17. The normalized spacial score (nSPS) is 20.3. The zero-order chi connectivity index (χ0) is 21.8. The Hall–Kier alpha value is -2.98. The molecule has 2 N–H and O–H groups in total. The summed E-state index contributed by atoms with van der Waals surface area (Å²) in [5.74, 6) is 0.629. The number of fused-ring (bicyclic) bond motifs is 2. The van der Waals surface area contributed by atoms with E-state index in [2.05, 4.69) is 15.3 Å². The largest absolute Gasteiger partial charge is 0.479 e. The first kappa shape index (κ1) is 20.0. The van der Waals surface area contributed by atoms with Crippen LogP contribution < -0.4 is 10.1 Å². The molecule has 2 aromatic carbocycles. The summed E-state index contributed by atoms with van der Waals surface area (Å²) in [6.45, 7) is 2.32. The Kier molecular flexibility index (Phi) is 4.71. The SMILES string of the molecule is CC1Oc2ccc(S(=O)(=O)N3CCC(c4nc5ccc(F)cc5[nH]4)CC3)cc2NC1=O. The van der Waals surface area contributed by atoms with Gasteiger partial charge in [-0.2, -0.15) is 4.31 Å². The molecule has 1 amide bonds. The number of piperidine rings is 1. The summed E-state index contributed by atoms with van der Waals surface area (Å²) in [7, 11) is -3.72. The summed E-state index contributed by atoms with van der Waals surface area (Å²) in [5, 5.41) is 2.68. The minimum atomic E-state index is -3.72. The number of rotatable bonds is 3. The number of anilines is 1. The van der Waals surface area contributed by atoms with Gasteiger partial charge >= 0.3 is 0 Å². The average molecular weight is 444 g/mol. The zero-order valence-corrected chi connectivity index (χ0v) is 17.6. The van der Waals surface area contributed by atoms with Crippen LogP contribution in [0.4, 0.5) is 10.1 Å². The van der Waals surface area contributed by atoms with E-state index in [4.69, 9.17) is 4.74 Å². The number of nitrogens with one attached hydrogen (secondary N) is 2. The second-order valence-corrected chi connectivity index (χ2v) is 9.81. The number of imidazole rings is 1. The third-order valence-corrected chi connectivity index (χ3v) is 7.72. The quantitative estimate of drug-likeness (QED) is 0.646. The van der Waals surface area contributed by atoms with Gasteiger partial charge in [0.05, 0.1) is 21.6 Å². The zero-order valence-electron chi connectivity index (χ0n) is 16.8. The standard InChI is InChI=1S/C21H21FN4O4S/c1-12-21(27)25-18-11-15(3-5-19(18)30-12)31(28,29)26-8-6-13(7-9-26)20-23-16-4-2-14(22)10-17(16)24-20/h2-5,10-13H,6-9H2,1H3,(H,23,24)(H,25,27). The van der Waals surface area contributed by atoms with Crippen molar-refractivity contribution in [3.63, 3.8) is 0 Å². The summed E-state index contributed by atoms with van der Waals surface area (Å²) in [4.78, 5) is 19.7. The van der Waals surface area contributed by atoms with E-state index >= 15 is 0 Å². The van der Waals surface area contributed by atoms with Gasteiger partial charge in [0.2, 0.25) is 10.0 Å². The molecule has 162 valence electrons. The Labute approximate surface area is 178 Å². The number of H-pyrrole nitrogens is 1. The Morgan fingerprint density at radius 1 is 1.16 bits per heavy atom. The summed E-state index contributed by atoms with van der Waals surface area (Å²) in [6, 6.07) is 8.91. The van der Waals surface area contributed by atoms with Gasteiger partial charge in [0.1, 0.15) is 17.4 Å². The summed E-state index contributed by atoms with van der Waals surface area (Å²) in [5.41, 5.74) is 1.69.